The number of ether oxygens (including phenoxy) is 2. The van der Waals surface area contributed by atoms with Crippen LogP contribution in [0.3, 0.4) is 0 Å². The van der Waals surface area contributed by atoms with E-state index in [2.05, 4.69) is 24.5 Å². The summed E-state index contributed by atoms with van der Waals surface area (Å²) in [5.74, 6) is 0.467. The number of likely N-dealkylation sites (tertiary alicyclic amines) is 2. The first-order valence-electron chi connectivity index (χ1n) is 19.5. The zero-order chi connectivity index (χ0) is 42.4. The van der Waals surface area contributed by atoms with E-state index >= 15 is 0 Å². The van der Waals surface area contributed by atoms with Crippen LogP contribution < -0.4 is 10.6 Å². The van der Waals surface area contributed by atoms with Crippen LogP contribution in [-0.2, 0) is 28.9 Å². The number of hydrogen-bond donors (Lipinski definition) is 8. The van der Waals surface area contributed by atoms with Crippen LogP contribution in [0.15, 0.2) is 0 Å². The largest absolute Gasteiger partial charge is 0.388 e. The number of carbonyl (C=O) groups is 2. The van der Waals surface area contributed by atoms with Gasteiger partial charge in [0.25, 0.3) is 0 Å². The van der Waals surface area contributed by atoms with Crippen molar-refractivity contribution in [1.82, 2.24) is 20.4 Å². The smallest absolute Gasteiger partial charge is 0.237 e. The zero-order valence-electron chi connectivity index (χ0n) is 33.6. The number of amides is 2. The molecular weight excluding hydrogens is 815 g/mol. The lowest BCUT2D eigenvalue weighted by Gasteiger charge is -2.44. The molecule has 20 heteroatoms. The van der Waals surface area contributed by atoms with E-state index in [1.807, 2.05) is 23.9 Å². The van der Waals surface area contributed by atoms with Gasteiger partial charge in [-0.05, 0) is 71.7 Å². The second-order valence-electron chi connectivity index (χ2n) is 16.1. The highest BCUT2D eigenvalue weighted by molar-refractivity contribution is 7.99. The lowest BCUT2D eigenvalue weighted by Crippen LogP contribution is -2.66. The molecule has 4 heterocycles. The first-order valence-corrected chi connectivity index (χ1v) is 23.6. The molecule has 0 aromatic rings. The fraction of sp³-hybridized carbons (Fsp3) is 0.944. The van der Waals surface area contributed by atoms with Crippen LogP contribution in [0, 0.1) is 11.8 Å². The maximum absolute atomic E-state index is 12.9. The fourth-order valence-corrected chi connectivity index (χ4v) is 10.5. The number of aliphatic hydroxyl groups excluding tert-OH is 6. The summed E-state index contributed by atoms with van der Waals surface area (Å²) in [7, 11) is -0.0922. The number of rotatable bonds is 14. The van der Waals surface area contributed by atoms with Crippen molar-refractivity contribution in [2.24, 2.45) is 11.8 Å². The highest BCUT2D eigenvalue weighted by Gasteiger charge is 2.52. The fourth-order valence-electron chi connectivity index (χ4n) is 8.39. The molecule has 4 fully saturated rings. The summed E-state index contributed by atoms with van der Waals surface area (Å²) in [5, 5.41) is 65.6. The number of nitrogens with zero attached hydrogens (tertiary/aromatic N) is 2. The van der Waals surface area contributed by atoms with Crippen LogP contribution in [0.4, 0.5) is 0 Å². The summed E-state index contributed by atoms with van der Waals surface area (Å²) < 4.78 is 35.2. The van der Waals surface area contributed by atoms with Gasteiger partial charge in [0.05, 0.1) is 34.9 Å². The standard InChI is InChI=1S/C18H33ClN2O7S.C18H33ClN2O5S/c1-5-6-10-7-11(21(3)8-10)17(25)20-12(9(2)19)16-14(23)13(22)15(24)18(28-16)29(4,26)27;1-5-6-10-7-11(21(3)8-10)17(25)20-12(9(2)19)16-14(23)13(22)15(24)18(26-16)27-4/h9-16,18,22-24H,5-8H2,1-4H3,(H,20,25);9-16,18,22-24H,5-8H2,1-4H3,(H,20,25)/t9?,10-,11?,12?,13+,14-,15-,16-,18-;9?,10-,11?,12?,13+,14-,15-,16-,18?/m11/s1. The topological polar surface area (TPSA) is 239 Å². The molecule has 0 spiro atoms. The Morgan fingerprint density at radius 3 is 1.48 bits per heavy atom. The molecule has 2 amide bonds. The normalized spacial score (nSPS) is 39.2. The molecule has 0 aliphatic carbocycles. The van der Waals surface area contributed by atoms with Gasteiger partial charge in [0.15, 0.2) is 15.3 Å². The predicted octanol–water partition coefficient (Wildman–Crippen LogP) is -0.539. The van der Waals surface area contributed by atoms with E-state index in [1.54, 1.807) is 20.1 Å². The van der Waals surface area contributed by atoms with Crippen molar-refractivity contribution in [2.75, 3.05) is 39.7 Å². The molecule has 4 aliphatic rings. The zero-order valence-corrected chi connectivity index (χ0v) is 36.8. The van der Waals surface area contributed by atoms with Gasteiger partial charge in [0.1, 0.15) is 54.3 Å². The number of sulfone groups is 1. The molecule has 4 aliphatic heterocycles. The summed E-state index contributed by atoms with van der Waals surface area (Å²) in [6.45, 7) is 9.21. The molecule has 4 rings (SSSR count). The number of thioether (sulfide) groups is 1. The third-order valence-electron chi connectivity index (χ3n) is 11.5. The van der Waals surface area contributed by atoms with Crippen LogP contribution in [0.2, 0.25) is 0 Å². The summed E-state index contributed by atoms with van der Waals surface area (Å²) in [6, 6.07) is -2.27. The minimum Gasteiger partial charge on any atom is -0.388 e. The van der Waals surface area contributed by atoms with Crippen molar-refractivity contribution in [1.29, 1.82) is 0 Å². The number of hydrogen-bond acceptors (Lipinski definition) is 15. The second kappa shape index (κ2) is 21.8. The second-order valence-corrected chi connectivity index (χ2v) is 20.5. The Balaban J connectivity index is 0.000000301. The Hall–Kier alpha value is -0.580. The van der Waals surface area contributed by atoms with Gasteiger partial charge in [-0.15, -0.1) is 35.0 Å². The lowest BCUT2D eigenvalue weighted by atomic mass is 9.92. The molecule has 0 aromatic heterocycles. The molecule has 0 bridgehead atoms. The quantitative estimate of drug-likeness (QED) is 0.102. The Morgan fingerprint density at radius 2 is 1.12 bits per heavy atom. The first-order chi connectivity index (χ1) is 26.1. The van der Waals surface area contributed by atoms with Crippen LogP contribution in [0.25, 0.3) is 0 Å². The minimum atomic E-state index is -3.90. The molecule has 0 radical (unpaired) electrons. The van der Waals surface area contributed by atoms with Gasteiger partial charge >= 0.3 is 0 Å². The van der Waals surface area contributed by atoms with Crippen LogP contribution in [0.5, 0.6) is 0 Å². The SMILES string of the molecule is CCC[C@@H]1CC(C(=O)NC(C(C)Cl)[C@H]2OC(SC)[C@H](O)[C@@H](O)[C@H]2O)N(C)C1.CCC[C@@H]1CC(C(=O)NC(C(C)Cl)[C@H]2O[C@H](S(C)(=O)=O)[C@H](O)[C@@H](O)[C@H]2O)N(C)C1. The van der Waals surface area contributed by atoms with E-state index in [4.69, 9.17) is 32.7 Å². The van der Waals surface area contributed by atoms with Crippen molar-refractivity contribution in [3.8, 4) is 0 Å². The monoisotopic (exact) mass is 880 g/mol. The van der Waals surface area contributed by atoms with Crippen molar-refractivity contribution in [3.05, 3.63) is 0 Å². The molecule has 56 heavy (non-hydrogen) atoms. The van der Waals surface area contributed by atoms with Gasteiger partial charge < -0.3 is 50.7 Å². The minimum absolute atomic E-state index is 0.147. The number of carbonyl (C=O) groups excluding carboxylic acids is 2. The van der Waals surface area contributed by atoms with E-state index in [0.29, 0.717) is 18.3 Å². The molecule has 0 aromatic carbocycles. The average molecular weight is 882 g/mol. The van der Waals surface area contributed by atoms with Gasteiger partial charge in [-0.2, -0.15) is 0 Å². The van der Waals surface area contributed by atoms with E-state index in [1.165, 1.54) is 11.8 Å². The van der Waals surface area contributed by atoms with Crippen LogP contribution in [0.1, 0.15) is 66.2 Å². The Kier molecular flexibility index (Phi) is 19.4. The van der Waals surface area contributed by atoms with Gasteiger partial charge in [-0.3, -0.25) is 19.4 Å². The number of nitrogens with one attached hydrogen (secondary N) is 2. The molecule has 16 nitrogen and oxygen atoms in total. The van der Waals surface area contributed by atoms with E-state index in [0.717, 1.165) is 51.4 Å². The highest BCUT2D eigenvalue weighted by atomic mass is 35.5. The Labute approximate surface area is 346 Å². The molecule has 8 N–H and O–H groups in total. The van der Waals surface area contributed by atoms with E-state index in [9.17, 15) is 48.6 Å². The summed E-state index contributed by atoms with van der Waals surface area (Å²) in [5.41, 5.74) is -2.44. The molecule has 7 unspecified atom stereocenters. The van der Waals surface area contributed by atoms with E-state index in [-0.39, 0.29) is 23.9 Å². The van der Waals surface area contributed by atoms with Crippen molar-refractivity contribution in [3.63, 3.8) is 0 Å². The number of alkyl halides is 2. The molecular formula is C36H66Cl2N4O12S2. The summed E-state index contributed by atoms with van der Waals surface area (Å²) in [6.07, 6.45) is -2.98. The van der Waals surface area contributed by atoms with Crippen molar-refractivity contribution >= 4 is 56.6 Å². The van der Waals surface area contributed by atoms with Gasteiger partial charge in [-0.25, -0.2) is 8.42 Å². The molecule has 18 atom stereocenters. The Morgan fingerprint density at radius 1 is 0.732 bits per heavy atom. The average Bonchev–Trinajstić information content (AvgIpc) is 3.68. The third-order valence-corrected chi connectivity index (χ3v) is 14.1. The summed E-state index contributed by atoms with van der Waals surface area (Å²) in [4.78, 5) is 29.8. The molecule has 0 saturated carbocycles. The predicted molar refractivity (Wildman–Crippen MR) is 215 cm³/mol. The third kappa shape index (κ3) is 12.3. The first kappa shape index (κ1) is 49.8. The van der Waals surface area contributed by atoms with Crippen LogP contribution >= 0.6 is 35.0 Å². The maximum atomic E-state index is 12.9. The molecule has 328 valence electrons. The molecule has 4 saturated heterocycles. The lowest BCUT2D eigenvalue weighted by molar-refractivity contribution is -0.207. The van der Waals surface area contributed by atoms with Gasteiger partial charge in [-0.1, -0.05) is 26.7 Å². The number of likely N-dealkylation sites (N-methyl/N-ethyl adjacent to an activating group) is 2. The Bertz CT molecular complexity index is 1370. The number of halogens is 2. The van der Waals surface area contributed by atoms with Crippen molar-refractivity contribution < 1.29 is 58.1 Å². The van der Waals surface area contributed by atoms with Gasteiger partial charge in [0.2, 0.25) is 11.8 Å². The van der Waals surface area contributed by atoms with Gasteiger partial charge in [0, 0.05) is 19.3 Å². The van der Waals surface area contributed by atoms with E-state index < -0.39 is 92.4 Å². The number of aliphatic hydroxyl groups is 6. The summed E-state index contributed by atoms with van der Waals surface area (Å²) >= 11 is 13.8. The van der Waals surface area contributed by atoms with Crippen LogP contribution in [-0.4, -0.2) is 195 Å². The maximum Gasteiger partial charge on any atom is 0.237 e. The highest BCUT2D eigenvalue weighted by Crippen LogP contribution is 2.32. The van der Waals surface area contributed by atoms with Crippen molar-refractivity contribution in [2.45, 2.75) is 161 Å².